The first-order valence-corrected chi connectivity index (χ1v) is 16.8. The lowest BCUT2D eigenvalue weighted by Gasteiger charge is -2.34. The maximum atomic E-state index is 14.2. The topological polar surface area (TPSA) is 86.8 Å². The van der Waals surface area contributed by atoms with Crippen molar-refractivity contribution >= 4 is 73.9 Å². The van der Waals surface area contributed by atoms with Gasteiger partial charge < -0.3 is 10.2 Å². The Balaban J connectivity index is 1.77. The van der Waals surface area contributed by atoms with Crippen LogP contribution >= 0.6 is 46.4 Å². The maximum absolute atomic E-state index is 14.2. The quantitative estimate of drug-likeness (QED) is 0.244. The predicted octanol–water partition coefficient (Wildman–Crippen LogP) is 6.77. The molecule has 2 amide bonds. The minimum atomic E-state index is -4.00. The van der Waals surface area contributed by atoms with E-state index in [-0.39, 0.29) is 40.6 Å². The smallest absolute Gasteiger partial charge is 0.244 e. The van der Waals surface area contributed by atoms with Crippen molar-refractivity contribution in [3.05, 3.63) is 97.9 Å². The molecule has 1 saturated carbocycles. The molecule has 42 heavy (non-hydrogen) atoms. The molecule has 1 aliphatic rings. The molecule has 3 aromatic rings. The minimum Gasteiger partial charge on any atom is -0.352 e. The van der Waals surface area contributed by atoms with Crippen LogP contribution in [0.25, 0.3) is 0 Å². The van der Waals surface area contributed by atoms with Crippen LogP contribution < -0.4 is 9.62 Å². The molecule has 0 heterocycles. The summed E-state index contributed by atoms with van der Waals surface area (Å²) in [6.45, 7) is -0.683. The molecule has 0 radical (unpaired) electrons. The van der Waals surface area contributed by atoms with E-state index in [2.05, 4.69) is 5.32 Å². The fourth-order valence-electron chi connectivity index (χ4n) is 5.03. The molecule has 0 saturated heterocycles. The normalized spacial score (nSPS) is 14.4. The monoisotopic (exact) mass is 669 g/mol. The van der Waals surface area contributed by atoms with E-state index in [1.54, 1.807) is 18.2 Å². The van der Waals surface area contributed by atoms with Gasteiger partial charge in [0.1, 0.15) is 12.6 Å². The summed E-state index contributed by atoms with van der Waals surface area (Å²) >= 11 is 25.1. The summed E-state index contributed by atoms with van der Waals surface area (Å²) in [5.74, 6) is -0.944. The molecular weight excluding hydrogens is 640 g/mol. The number of carbonyl (C=O) groups excluding carboxylic acids is 2. The van der Waals surface area contributed by atoms with E-state index < -0.39 is 28.5 Å². The van der Waals surface area contributed by atoms with E-state index in [0.29, 0.717) is 15.6 Å². The van der Waals surface area contributed by atoms with Crippen molar-refractivity contribution in [1.29, 1.82) is 0 Å². The Bertz CT molecular complexity index is 1530. The van der Waals surface area contributed by atoms with Gasteiger partial charge in [0.2, 0.25) is 21.8 Å². The van der Waals surface area contributed by atoms with Crippen LogP contribution in [0.4, 0.5) is 5.69 Å². The number of rotatable bonds is 11. The van der Waals surface area contributed by atoms with Crippen LogP contribution in [0.3, 0.4) is 0 Å². The van der Waals surface area contributed by atoms with E-state index >= 15 is 0 Å². The molecule has 0 bridgehead atoms. The van der Waals surface area contributed by atoms with Crippen molar-refractivity contribution in [2.75, 3.05) is 17.1 Å². The highest BCUT2D eigenvalue weighted by Gasteiger charge is 2.35. The van der Waals surface area contributed by atoms with Crippen LogP contribution in [0.15, 0.2) is 66.7 Å². The zero-order valence-corrected chi connectivity index (χ0v) is 26.7. The molecule has 0 spiro atoms. The molecule has 1 atom stereocenters. The second-order valence-electron chi connectivity index (χ2n) is 10.3. The Morgan fingerprint density at radius 3 is 2.19 bits per heavy atom. The van der Waals surface area contributed by atoms with Crippen LogP contribution in [-0.2, 0) is 32.6 Å². The number of nitrogens with one attached hydrogen (secondary N) is 1. The molecule has 0 aromatic heterocycles. The van der Waals surface area contributed by atoms with Crippen molar-refractivity contribution < 1.29 is 18.0 Å². The van der Waals surface area contributed by atoms with Crippen molar-refractivity contribution in [3.8, 4) is 0 Å². The van der Waals surface area contributed by atoms with Gasteiger partial charge in [-0.2, -0.15) is 0 Å². The van der Waals surface area contributed by atoms with Gasteiger partial charge in [-0.05, 0) is 54.3 Å². The predicted molar refractivity (Wildman–Crippen MR) is 170 cm³/mol. The van der Waals surface area contributed by atoms with E-state index in [0.717, 1.165) is 41.8 Å². The standard InChI is InChI=1S/C30H31Cl4N3O4S/c1-42(40,41)37(27-17-23(32)13-14-25(27)33)19-29(38)36(18-21-11-12-22(31)16-26(21)34)28(15-20-7-3-2-4-8-20)30(39)35-24-9-5-6-10-24/h2-4,7-8,11-14,16-17,24,28H,5-6,9-10,15,18-19H2,1H3,(H,35,39)/t28-/m0/s1. The van der Waals surface area contributed by atoms with Crippen molar-refractivity contribution in [2.24, 2.45) is 0 Å². The van der Waals surface area contributed by atoms with Gasteiger partial charge in [-0.25, -0.2) is 8.42 Å². The number of sulfonamides is 1. The van der Waals surface area contributed by atoms with Crippen LogP contribution in [0.5, 0.6) is 0 Å². The fraction of sp³-hybridized carbons (Fsp3) is 0.333. The third-order valence-electron chi connectivity index (χ3n) is 7.18. The molecule has 1 fully saturated rings. The molecule has 1 aliphatic carbocycles. The fourth-order valence-corrected chi connectivity index (χ4v) is 6.78. The van der Waals surface area contributed by atoms with Crippen LogP contribution in [0.2, 0.25) is 20.1 Å². The summed E-state index contributed by atoms with van der Waals surface area (Å²) < 4.78 is 26.8. The molecule has 0 aliphatic heterocycles. The number of nitrogens with zero attached hydrogens (tertiary/aromatic N) is 2. The molecule has 7 nitrogen and oxygen atoms in total. The lowest BCUT2D eigenvalue weighted by atomic mass is 10.0. The summed E-state index contributed by atoms with van der Waals surface area (Å²) in [7, 11) is -4.00. The first kappa shape index (κ1) is 32.4. The zero-order chi connectivity index (χ0) is 30.4. The average Bonchev–Trinajstić information content (AvgIpc) is 3.44. The van der Waals surface area contributed by atoms with Crippen LogP contribution in [-0.4, -0.2) is 50.0 Å². The summed E-state index contributed by atoms with van der Waals surface area (Å²) in [5.41, 5.74) is 1.44. The van der Waals surface area contributed by atoms with Crippen molar-refractivity contribution in [2.45, 2.75) is 50.7 Å². The molecule has 3 aromatic carbocycles. The highest BCUT2D eigenvalue weighted by Crippen LogP contribution is 2.31. The maximum Gasteiger partial charge on any atom is 0.244 e. The molecule has 12 heteroatoms. The Hall–Kier alpha value is -2.49. The van der Waals surface area contributed by atoms with Crippen LogP contribution in [0.1, 0.15) is 36.8 Å². The van der Waals surface area contributed by atoms with Gasteiger partial charge in [0.15, 0.2) is 0 Å². The Kier molecular flexibility index (Phi) is 11.1. The van der Waals surface area contributed by atoms with E-state index in [9.17, 15) is 18.0 Å². The van der Waals surface area contributed by atoms with E-state index in [1.807, 2.05) is 30.3 Å². The number of benzene rings is 3. The van der Waals surface area contributed by atoms with Gasteiger partial charge in [0, 0.05) is 34.1 Å². The highest BCUT2D eigenvalue weighted by molar-refractivity contribution is 7.92. The number of carbonyl (C=O) groups is 2. The van der Waals surface area contributed by atoms with Crippen LogP contribution in [0, 0.1) is 0 Å². The third-order valence-corrected chi connectivity index (χ3v) is 9.45. The van der Waals surface area contributed by atoms with Crippen molar-refractivity contribution in [1.82, 2.24) is 10.2 Å². The number of hydrogen-bond donors (Lipinski definition) is 1. The number of amides is 2. The highest BCUT2D eigenvalue weighted by atomic mass is 35.5. The zero-order valence-electron chi connectivity index (χ0n) is 22.9. The number of anilines is 1. The Labute approximate surface area is 266 Å². The van der Waals surface area contributed by atoms with E-state index in [4.69, 9.17) is 46.4 Å². The minimum absolute atomic E-state index is 0.00429. The Morgan fingerprint density at radius 2 is 1.55 bits per heavy atom. The number of halogens is 4. The third kappa shape index (κ3) is 8.54. The molecular formula is C30H31Cl4N3O4S. The van der Waals surface area contributed by atoms with Gasteiger partial charge in [-0.1, -0.05) is 95.6 Å². The average molecular weight is 671 g/mol. The SMILES string of the molecule is CS(=O)(=O)N(CC(=O)N(Cc1ccc(Cl)cc1Cl)[C@@H](Cc1ccccc1)C(=O)NC1CCCC1)c1cc(Cl)ccc1Cl. The summed E-state index contributed by atoms with van der Waals surface area (Å²) in [5, 5.41) is 4.20. The first-order valence-electron chi connectivity index (χ1n) is 13.4. The molecule has 0 unspecified atom stereocenters. The second-order valence-corrected chi connectivity index (χ2v) is 13.9. The lowest BCUT2D eigenvalue weighted by Crippen LogP contribution is -2.54. The molecule has 4 rings (SSSR count). The van der Waals surface area contributed by atoms with Crippen molar-refractivity contribution in [3.63, 3.8) is 0 Å². The van der Waals surface area contributed by atoms with Gasteiger partial charge in [0.25, 0.3) is 0 Å². The summed E-state index contributed by atoms with van der Waals surface area (Å²) in [6.07, 6.45) is 4.92. The van der Waals surface area contributed by atoms with Gasteiger partial charge >= 0.3 is 0 Å². The van der Waals surface area contributed by atoms with Gasteiger partial charge in [-0.15, -0.1) is 0 Å². The molecule has 224 valence electrons. The summed E-state index contributed by atoms with van der Waals surface area (Å²) in [6, 6.07) is 17.6. The lowest BCUT2D eigenvalue weighted by molar-refractivity contribution is -0.140. The summed E-state index contributed by atoms with van der Waals surface area (Å²) in [4.78, 5) is 29.5. The molecule has 1 N–H and O–H groups in total. The number of hydrogen-bond acceptors (Lipinski definition) is 4. The Morgan fingerprint density at radius 1 is 0.905 bits per heavy atom. The van der Waals surface area contributed by atoms with Gasteiger partial charge in [0.05, 0.1) is 17.0 Å². The largest absolute Gasteiger partial charge is 0.352 e. The van der Waals surface area contributed by atoms with Gasteiger partial charge in [-0.3, -0.25) is 13.9 Å². The second kappa shape index (κ2) is 14.3. The van der Waals surface area contributed by atoms with E-state index in [1.165, 1.54) is 23.1 Å². The first-order chi connectivity index (χ1) is 19.9.